The maximum absolute atomic E-state index is 13.3. The first-order valence-corrected chi connectivity index (χ1v) is 13.7. The predicted octanol–water partition coefficient (Wildman–Crippen LogP) is 3.33. The van der Waals surface area contributed by atoms with Crippen LogP contribution in [-0.4, -0.2) is 72.5 Å². The van der Waals surface area contributed by atoms with Crippen LogP contribution >= 0.6 is 0 Å². The summed E-state index contributed by atoms with van der Waals surface area (Å²) >= 11 is 0. The number of hydrogen-bond donors (Lipinski definition) is 0. The van der Waals surface area contributed by atoms with Gasteiger partial charge in [-0.25, -0.2) is 13.4 Å². The third-order valence-electron chi connectivity index (χ3n) is 6.73. The van der Waals surface area contributed by atoms with Gasteiger partial charge in [-0.3, -0.25) is 9.36 Å². The van der Waals surface area contributed by atoms with Crippen LogP contribution in [0.5, 0.6) is 11.5 Å². The average molecular weight is 519 g/mol. The predicted molar refractivity (Wildman–Crippen MR) is 138 cm³/mol. The van der Waals surface area contributed by atoms with E-state index in [1.807, 2.05) is 41.0 Å². The van der Waals surface area contributed by atoms with Crippen molar-refractivity contribution in [2.45, 2.75) is 11.3 Å². The minimum absolute atomic E-state index is 0.116. The van der Waals surface area contributed by atoms with E-state index in [2.05, 4.69) is 4.98 Å². The molecule has 1 aromatic heterocycles. The Kier molecular flexibility index (Phi) is 6.05. The van der Waals surface area contributed by atoms with E-state index in [-0.39, 0.29) is 23.9 Å². The van der Waals surface area contributed by atoms with Gasteiger partial charge in [0.25, 0.3) is 5.91 Å². The lowest BCUT2D eigenvalue weighted by Crippen LogP contribution is -2.50. The molecule has 9 nitrogen and oxygen atoms in total. The van der Waals surface area contributed by atoms with Crippen molar-refractivity contribution in [2.24, 2.45) is 0 Å². The maximum atomic E-state index is 13.3. The first-order valence-electron chi connectivity index (χ1n) is 12.2. The van der Waals surface area contributed by atoms with Crippen LogP contribution in [0.15, 0.2) is 78.0 Å². The molecule has 190 valence electrons. The molecular formula is C27H26N4O5S. The van der Waals surface area contributed by atoms with Gasteiger partial charge in [0.1, 0.15) is 6.33 Å². The smallest absolute Gasteiger partial charge is 0.253 e. The van der Waals surface area contributed by atoms with Crippen LogP contribution in [0.3, 0.4) is 0 Å². The van der Waals surface area contributed by atoms with Crippen LogP contribution in [0.1, 0.15) is 16.8 Å². The Morgan fingerprint density at radius 2 is 1.57 bits per heavy atom. The summed E-state index contributed by atoms with van der Waals surface area (Å²) in [6.07, 6.45) is 2.51. The number of benzene rings is 3. The minimum Gasteiger partial charge on any atom is -0.490 e. The van der Waals surface area contributed by atoms with Gasteiger partial charge in [0.15, 0.2) is 11.5 Å². The highest BCUT2D eigenvalue weighted by atomic mass is 32.2. The van der Waals surface area contributed by atoms with Gasteiger partial charge in [-0.15, -0.1) is 0 Å². The molecule has 37 heavy (non-hydrogen) atoms. The van der Waals surface area contributed by atoms with Gasteiger partial charge in [-0.05, 0) is 48.5 Å². The van der Waals surface area contributed by atoms with Crippen molar-refractivity contribution >= 4 is 27.0 Å². The Bertz CT molecular complexity index is 1560. The molecule has 4 aromatic rings. The molecule has 2 aliphatic rings. The summed E-state index contributed by atoms with van der Waals surface area (Å²) < 4.78 is 41.2. The summed E-state index contributed by atoms with van der Waals surface area (Å²) in [5, 5.41) is 0. The topological polar surface area (TPSA) is 94.0 Å². The van der Waals surface area contributed by atoms with Crippen LogP contribution in [0.2, 0.25) is 0 Å². The van der Waals surface area contributed by atoms with E-state index >= 15 is 0 Å². The molecule has 10 heteroatoms. The number of carbonyl (C=O) groups is 1. The van der Waals surface area contributed by atoms with Crippen molar-refractivity contribution < 1.29 is 22.7 Å². The number of hydrogen-bond acceptors (Lipinski definition) is 6. The number of amides is 1. The van der Waals surface area contributed by atoms with Crippen molar-refractivity contribution in [3.05, 3.63) is 78.6 Å². The molecule has 2 aliphatic heterocycles. The fourth-order valence-corrected chi connectivity index (χ4v) is 6.13. The van der Waals surface area contributed by atoms with Gasteiger partial charge < -0.3 is 14.4 Å². The second-order valence-corrected chi connectivity index (χ2v) is 10.9. The second-order valence-electron chi connectivity index (χ2n) is 9.01. The molecule has 1 amide bonds. The summed E-state index contributed by atoms with van der Waals surface area (Å²) in [7, 11) is -3.72. The zero-order chi connectivity index (χ0) is 25.4. The molecule has 3 aromatic carbocycles. The third-order valence-corrected chi connectivity index (χ3v) is 8.62. The summed E-state index contributed by atoms with van der Waals surface area (Å²) in [6, 6.07) is 20.0. The number of sulfonamides is 1. The second kappa shape index (κ2) is 9.53. The van der Waals surface area contributed by atoms with E-state index in [9.17, 15) is 13.2 Å². The molecule has 0 unspecified atom stereocenters. The number of nitrogens with zero attached hydrogens (tertiary/aromatic N) is 4. The number of piperazine rings is 1. The highest BCUT2D eigenvalue weighted by molar-refractivity contribution is 7.89. The quantitative estimate of drug-likeness (QED) is 0.411. The van der Waals surface area contributed by atoms with Crippen LogP contribution in [0, 0.1) is 0 Å². The highest BCUT2D eigenvalue weighted by Crippen LogP contribution is 2.33. The van der Waals surface area contributed by atoms with E-state index in [0.29, 0.717) is 43.4 Å². The number of rotatable bonds is 4. The molecule has 3 heterocycles. The Hall–Kier alpha value is -3.89. The highest BCUT2D eigenvalue weighted by Gasteiger charge is 2.31. The summed E-state index contributed by atoms with van der Waals surface area (Å²) in [6.45, 7) is 2.10. The fourth-order valence-electron chi connectivity index (χ4n) is 4.70. The van der Waals surface area contributed by atoms with Crippen molar-refractivity contribution in [2.75, 3.05) is 39.4 Å². The van der Waals surface area contributed by atoms with Crippen molar-refractivity contribution in [3.8, 4) is 17.2 Å². The molecule has 1 fully saturated rings. The first kappa shape index (κ1) is 23.5. The lowest BCUT2D eigenvalue weighted by Gasteiger charge is -2.34. The van der Waals surface area contributed by atoms with Gasteiger partial charge in [0, 0.05) is 49.9 Å². The Morgan fingerprint density at radius 3 is 2.35 bits per heavy atom. The van der Waals surface area contributed by atoms with Gasteiger partial charge in [0.05, 0.1) is 29.1 Å². The van der Waals surface area contributed by atoms with Gasteiger partial charge in [0.2, 0.25) is 10.0 Å². The number of aromatic nitrogens is 2. The van der Waals surface area contributed by atoms with Crippen LogP contribution in [0.25, 0.3) is 16.7 Å². The number of fused-ring (bicyclic) bond motifs is 2. The number of ether oxygens (including phenoxy) is 2. The number of imidazole rings is 1. The Labute approximate surface area is 214 Å². The van der Waals surface area contributed by atoms with Gasteiger partial charge in [-0.1, -0.05) is 12.1 Å². The molecular weight excluding hydrogens is 492 g/mol. The summed E-state index contributed by atoms with van der Waals surface area (Å²) in [5.74, 6) is 0.883. The van der Waals surface area contributed by atoms with E-state index in [1.54, 1.807) is 35.5 Å². The zero-order valence-corrected chi connectivity index (χ0v) is 20.9. The normalized spacial score (nSPS) is 16.5. The summed E-state index contributed by atoms with van der Waals surface area (Å²) in [4.78, 5) is 19.4. The van der Waals surface area contributed by atoms with Crippen LogP contribution in [-0.2, 0) is 10.0 Å². The van der Waals surface area contributed by atoms with E-state index in [4.69, 9.17) is 9.47 Å². The van der Waals surface area contributed by atoms with Gasteiger partial charge in [-0.2, -0.15) is 4.31 Å². The maximum Gasteiger partial charge on any atom is 0.253 e. The van der Waals surface area contributed by atoms with E-state index in [0.717, 1.165) is 23.1 Å². The molecule has 0 atom stereocenters. The SMILES string of the molecule is O=C(c1ccc(-n2cnc3ccccc32)cc1)N1CCN(S(=O)(=O)c2ccc3c(c2)OCCCO3)CC1. The monoisotopic (exact) mass is 518 g/mol. The summed E-state index contributed by atoms with van der Waals surface area (Å²) in [5.41, 5.74) is 3.37. The van der Waals surface area contributed by atoms with E-state index < -0.39 is 10.0 Å². The Balaban J connectivity index is 1.13. The van der Waals surface area contributed by atoms with Crippen molar-refractivity contribution in [1.82, 2.24) is 18.8 Å². The van der Waals surface area contributed by atoms with Crippen molar-refractivity contribution in [3.63, 3.8) is 0 Å². The number of carbonyl (C=O) groups excluding carboxylic acids is 1. The largest absolute Gasteiger partial charge is 0.490 e. The minimum atomic E-state index is -3.72. The molecule has 1 saturated heterocycles. The molecule has 0 spiro atoms. The third kappa shape index (κ3) is 4.42. The molecule has 0 saturated carbocycles. The Morgan fingerprint density at radius 1 is 0.838 bits per heavy atom. The molecule has 0 aliphatic carbocycles. The van der Waals surface area contributed by atoms with E-state index in [1.165, 1.54) is 10.4 Å². The standard InChI is InChI=1S/C27H26N4O5S/c32-27(20-6-8-21(9-7-20)31-19-28-23-4-1-2-5-24(23)31)29-12-14-30(15-13-29)37(33,34)22-10-11-25-26(18-22)36-17-3-16-35-25/h1-2,4-11,18-19H,3,12-17H2. The van der Waals surface area contributed by atoms with Crippen LogP contribution in [0.4, 0.5) is 0 Å². The lowest BCUT2D eigenvalue weighted by molar-refractivity contribution is 0.0698. The lowest BCUT2D eigenvalue weighted by atomic mass is 10.1. The molecule has 0 bridgehead atoms. The van der Waals surface area contributed by atoms with Gasteiger partial charge >= 0.3 is 0 Å². The molecule has 0 radical (unpaired) electrons. The average Bonchev–Trinajstić information content (AvgIpc) is 3.23. The van der Waals surface area contributed by atoms with Crippen LogP contribution < -0.4 is 9.47 Å². The number of para-hydroxylation sites is 2. The molecule has 0 N–H and O–H groups in total. The van der Waals surface area contributed by atoms with Crippen molar-refractivity contribution in [1.29, 1.82) is 0 Å². The zero-order valence-electron chi connectivity index (χ0n) is 20.1. The molecule has 6 rings (SSSR count). The first-order chi connectivity index (χ1) is 18.0. The fraction of sp³-hybridized carbons (Fsp3) is 0.259.